The topological polar surface area (TPSA) is 85.2 Å². The van der Waals surface area contributed by atoms with Gasteiger partial charge in [-0.15, -0.1) is 10.2 Å². The molecule has 0 radical (unpaired) electrons. The van der Waals surface area contributed by atoms with Crippen LogP contribution in [0.15, 0.2) is 23.4 Å². The molecule has 1 amide bonds. The van der Waals surface area contributed by atoms with Crippen LogP contribution in [-0.2, 0) is 14.6 Å². The molecule has 1 aliphatic heterocycles. The van der Waals surface area contributed by atoms with E-state index in [0.29, 0.717) is 34.0 Å². The van der Waals surface area contributed by atoms with Crippen LogP contribution in [0.25, 0.3) is 11.4 Å². The van der Waals surface area contributed by atoms with Gasteiger partial charge in [0.15, 0.2) is 20.8 Å². The second-order valence-electron chi connectivity index (χ2n) is 8.62. The molecule has 1 aromatic heterocycles. The summed E-state index contributed by atoms with van der Waals surface area (Å²) in [5.41, 5.74) is 0.767. The van der Waals surface area contributed by atoms with Gasteiger partial charge < -0.3 is 4.90 Å². The number of rotatable bonds is 7. The Morgan fingerprint density at radius 1 is 1.18 bits per heavy atom. The maximum atomic E-state index is 13.0. The van der Waals surface area contributed by atoms with Crippen molar-refractivity contribution in [3.05, 3.63) is 28.2 Å². The molecule has 0 spiro atoms. The molecule has 4 rings (SSSR count). The minimum absolute atomic E-state index is 0.0503. The summed E-state index contributed by atoms with van der Waals surface area (Å²) in [5.74, 6) is 0.996. The van der Waals surface area contributed by atoms with Gasteiger partial charge >= 0.3 is 0 Å². The normalized spacial score (nSPS) is 20.8. The Bertz CT molecular complexity index is 1120. The van der Waals surface area contributed by atoms with E-state index >= 15 is 0 Å². The average Bonchev–Trinajstić information content (AvgIpc) is 3.36. The molecular weight excluding hydrogens is 503 g/mol. The third-order valence-electron chi connectivity index (χ3n) is 6.41. The van der Waals surface area contributed by atoms with Crippen LogP contribution in [0.3, 0.4) is 0 Å². The van der Waals surface area contributed by atoms with Gasteiger partial charge in [-0.05, 0) is 44.4 Å². The predicted octanol–water partition coefficient (Wildman–Crippen LogP) is 4.88. The van der Waals surface area contributed by atoms with Gasteiger partial charge in [0.1, 0.15) is 0 Å². The number of hydrogen-bond acceptors (Lipinski definition) is 6. The highest BCUT2D eigenvalue weighted by molar-refractivity contribution is 7.99. The molecule has 1 saturated heterocycles. The monoisotopic (exact) mass is 530 g/mol. The average molecular weight is 532 g/mol. The summed E-state index contributed by atoms with van der Waals surface area (Å²) >= 11 is 13.9. The third kappa shape index (κ3) is 5.69. The smallest absolute Gasteiger partial charge is 0.233 e. The molecule has 1 atom stereocenters. The molecule has 1 aliphatic carbocycles. The maximum Gasteiger partial charge on any atom is 0.233 e. The van der Waals surface area contributed by atoms with Crippen molar-refractivity contribution >= 4 is 50.7 Å². The van der Waals surface area contributed by atoms with Crippen LogP contribution in [0.2, 0.25) is 10.0 Å². The first-order valence-corrected chi connectivity index (χ1v) is 14.9. The molecule has 2 fully saturated rings. The van der Waals surface area contributed by atoms with Crippen LogP contribution in [0.4, 0.5) is 0 Å². The fraction of sp³-hybridized carbons (Fsp3) is 0.591. The summed E-state index contributed by atoms with van der Waals surface area (Å²) in [6.45, 7) is 2.37. The number of hydrogen-bond donors (Lipinski definition) is 0. The number of benzene rings is 1. The molecule has 0 N–H and O–H groups in total. The first-order valence-electron chi connectivity index (χ1n) is 11.3. The van der Waals surface area contributed by atoms with Crippen LogP contribution in [-0.4, -0.2) is 63.8 Å². The zero-order valence-corrected chi connectivity index (χ0v) is 21.7. The molecule has 7 nitrogen and oxygen atoms in total. The summed E-state index contributed by atoms with van der Waals surface area (Å²) < 4.78 is 25.9. The summed E-state index contributed by atoms with van der Waals surface area (Å²) in [5, 5.41) is 10.6. The highest BCUT2D eigenvalue weighted by Crippen LogP contribution is 2.38. The molecule has 33 heavy (non-hydrogen) atoms. The Hall–Kier alpha value is -1.29. The van der Waals surface area contributed by atoms with Crippen molar-refractivity contribution in [3.8, 4) is 11.4 Å². The van der Waals surface area contributed by atoms with E-state index in [-0.39, 0.29) is 35.2 Å². The molecule has 1 saturated carbocycles. The van der Waals surface area contributed by atoms with Gasteiger partial charge in [-0.25, -0.2) is 8.42 Å². The third-order valence-corrected chi connectivity index (χ3v) is 9.64. The highest BCUT2D eigenvalue weighted by Gasteiger charge is 2.34. The number of halogens is 2. The van der Waals surface area contributed by atoms with Gasteiger partial charge in [-0.2, -0.15) is 0 Å². The molecule has 1 aromatic carbocycles. The summed E-state index contributed by atoms with van der Waals surface area (Å²) in [6, 6.07) is 5.34. The van der Waals surface area contributed by atoms with Crippen LogP contribution < -0.4 is 0 Å². The van der Waals surface area contributed by atoms with Gasteiger partial charge in [0, 0.05) is 29.2 Å². The van der Waals surface area contributed by atoms with Crippen LogP contribution in [0.5, 0.6) is 0 Å². The fourth-order valence-electron chi connectivity index (χ4n) is 4.77. The summed E-state index contributed by atoms with van der Waals surface area (Å²) in [7, 11) is -3.06. The van der Waals surface area contributed by atoms with Crippen LogP contribution in [0, 0.1) is 0 Å². The Morgan fingerprint density at radius 3 is 2.58 bits per heavy atom. The van der Waals surface area contributed by atoms with E-state index in [1.807, 2.05) is 13.0 Å². The minimum atomic E-state index is -3.06. The van der Waals surface area contributed by atoms with Gasteiger partial charge in [0.2, 0.25) is 5.91 Å². The van der Waals surface area contributed by atoms with Crippen molar-refractivity contribution in [2.75, 3.05) is 23.8 Å². The van der Waals surface area contributed by atoms with Gasteiger partial charge in [-0.1, -0.05) is 54.2 Å². The number of nitrogens with zero attached hydrogens (tertiary/aromatic N) is 4. The molecule has 0 bridgehead atoms. The second-order valence-corrected chi connectivity index (χ2v) is 12.6. The van der Waals surface area contributed by atoms with Gasteiger partial charge in [0.25, 0.3) is 0 Å². The largest absolute Gasteiger partial charge is 0.338 e. The van der Waals surface area contributed by atoms with Crippen molar-refractivity contribution in [2.45, 2.75) is 62.7 Å². The zero-order valence-electron chi connectivity index (χ0n) is 18.5. The second kappa shape index (κ2) is 10.5. The van der Waals surface area contributed by atoms with Crippen LogP contribution in [0.1, 0.15) is 51.5 Å². The van der Waals surface area contributed by atoms with Crippen molar-refractivity contribution in [1.82, 2.24) is 19.7 Å². The van der Waals surface area contributed by atoms with E-state index in [9.17, 15) is 13.2 Å². The Kier molecular flexibility index (Phi) is 7.93. The van der Waals surface area contributed by atoms with Crippen LogP contribution >= 0.6 is 35.0 Å². The van der Waals surface area contributed by atoms with Crippen molar-refractivity contribution < 1.29 is 13.2 Å². The quantitative estimate of drug-likeness (QED) is 0.474. The van der Waals surface area contributed by atoms with E-state index in [4.69, 9.17) is 23.2 Å². The number of carbonyl (C=O) groups excluding carboxylic acids is 1. The van der Waals surface area contributed by atoms with Gasteiger partial charge in [0.05, 0.1) is 22.3 Å². The molecule has 180 valence electrons. The molecule has 2 aliphatic rings. The number of carbonyl (C=O) groups is 1. The lowest BCUT2D eigenvalue weighted by molar-refractivity contribution is -0.129. The zero-order chi connectivity index (χ0) is 23.6. The van der Waals surface area contributed by atoms with E-state index in [1.54, 1.807) is 17.0 Å². The standard InChI is InChI=1S/C22H28Cl2N4O3S2/c1-2-27(17-10-11-33(30,31)14-17)20(29)13-32-22-26-25-21(18-9-8-15(23)12-19(18)24)28(22)16-6-4-3-5-7-16/h8-9,12,16-17H,2-7,10-11,13-14H2,1H3. The molecule has 2 heterocycles. The number of thioether (sulfide) groups is 1. The number of amides is 1. The first-order chi connectivity index (χ1) is 15.8. The lowest BCUT2D eigenvalue weighted by Crippen LogP contribution is -2.42. The Balaban J connectivity index is 1.57. The lowest BCUT2D eigenvalue weighted by atomic mass is 9.95. The van der Waals surface area contributed by atoms with Crippen molar-refractivity contribution in [3.63, 3.8) is 0 Å². The Labute approximate surface area is 209 Å². The fourth-order valence-corrected chi connectivity index (χ4v) is 7.88. The molecule has 1 unspecified atom stereocenters. The Morgan fingerprint density at radius 2 is 1.94 bits per heavy atom. The van der Waals surface area contributed by atoms with E-state index < -0.39 is 9.84 Å². The minimum Gasteiger partial charge on any atom is -0.338 e. The predicted molar refractivity (Wildman–Crippen MR) is 133 cm³/mol. The number of aromatic nitrogens is 3. The SMILES string of the molecule is CCN(C(=O)CSc1nnc(-c2ccc(Cl)cc2Cl)n1C1CCCCC1)C1CCS(=O)(=O)C1. The van der Waals surface area contributed by atoms with Gasteiger partial charge in [-0.3, -0.25) is 9.36 Å². The lowest BCUT2D eigenvalue weighted by Gasteiger charge is -2.27. The highest BCUT2D eigenvalue weighted by atomic mass is 35.5. The van der Waals surface area contributed by atoms with E-state index in [1.165, 1.54) is 18.2 Å². The summed E-state index contributed by atoms with van der Waals surface area (Å²) in [4.78, 5) is 14.7. The first kappa shape index (κ1) is 24.8. The summed E-state index contributed by atoms with van der Waals surface area (Å²) in [6.07, 6.45) is 6.05. The molecular formula is C22H28Cl2N4O3S2. The molecule has 2 aromatic rings. The number of sulfone groups is 1. The maximum absolute atomic E-state index is 13.0. The van der Waals surface area contributed by atoms with E-state index in [2.05, 4.69) is 14.8 Å². The molecule has 11 heteroatoms. The van der Waals surface area contributed by atoms with Crippen molar-refractivity contribution in [2.24, 2.45) is 0 Å². The van der Waals surface area contributed by atoms with E-state index in [0.717, 1.165) is 31.2 Å². The van der Waals surface area contributed by atoms with Crippen molar-refractivity contribution in [1.29, 1.82) is 0 Å².